The van der Waals surface area contributed by atoms with Gasteiger partial charge in [0.25, 0.3) is 11.8 Å². The zero-order chi connectivity index (χ0) is 20.1. The molecule has 0 saturated carbocycles. The fraction of sp³-hybridized carbons (Fsp3) is 0.318. The minimum absolute atomic E-state index is 0.0322. The molecule has 0 aliphatic carbocycles. The van der Waals surface area contributed by atoms with E-state index < -0.39 is 0 Å². The summed E-state index contributed by atoms with van der Waals surface area (Å²) in [5.74, 6) is 0.663. The van der Waals surface area contributed by atoms with E-state index in [0.717, 1.165) is 22.4 Å². The standard InChI is InChI=1S/C22H25N3O3/c1-14(2)17-11-8-12-18(15(3)4)20(17)23-19(26)13-27-22-25-24-21(28-22)16-9-6-5-7-10-16/h5-12,14-15H,13H2,1-4H3,(H,23,26). The molecule has 0 aliphatic rings. The van der Waals surface area contributed by atoms with Crippen molar-refractivity contribution in [3.63, 3.8) is 0 Å². The highest BCUT2D eigenvalue weighted by atomic mass is 16.6. The molecule has 0 fully saturated rings. The van der Waals surface area contributed by atoms with Crippen LogP contribution in [0.4, 0.5) is 5.69 Å². The first kappa shape index (κ1) is 19.6. The Morgan fingerprint density at radius 3 is 2.21 bits per heavy atom. The highest BCUT2D eigenvalue weighted by Crippen LogP contribution is 2.32. The Morgan fingerprint density at radius 2 is 1.61 bits per heavy atom. The van der Waals surface area contributed by atoms with Gasteiger partial charge in [0.15, 0.2) is 6.61 Å². The number of nitrogens with one attached hydrogen (secondary N) is 1. The third-order valence-electron chi connectivity index (χ3n) is 4.39. The molecule has 1 aromatic heterocycles. The lowest BCUT2D eigenvalue weighted by Crippen LogP contribution is -2.22. The zero-order valence-electron chi connectivity index (χ0n) is 16.6. The molecule has 6 nitrogen and oxygen atoms in total. The molecular weight excluding hydrogens is 354 g/mol. The van der Waals surface area contributed by atoms with Gasteiger partial charge in [0, 0.05) is 11.3 Å². The maximum absolute atomic E-state index is 12.5. The molecule has 1 heterocycles. The summed E-state index contributed by atoms with van der Waals surface area (Å²) in [6.07, 6.45) is -0.0322. The van der Waals surface area contributed by atoms with Gasteiger partial charge in [-0.05, 0) is 35.1 Å². The van der Waals surface area contributed by atoms with Gasteiger partial charge in [-0.25, -0.2) is 0 Å². The van der Waals surface area contributed by atoms with Crippen LogP contribution in [0.25, 0.3) is 11.5 Å². The molecule has 0 spiro atoms. The van der Waals surface area contributed by atoms with E-state index in [0.29, 0.717) is 17.7 Å². The number of carbonyl (C=O) groups excluding carboxylic acids is 1. The van der Waals surface area contributed by atoms with Crippen LogP contribution in [-0.2, 0) is 4.79 Å². The average Bonchev–Trinajstić information content (AvgIpc) is 3.16. The van der Waals surface area contributed by atoms with E-state index in [1.54, 1.807) is 0 Å². The van der Waals surface area contributed by atoms with Crippen molar-refractivity contribution in [3.05, 3.63) is 59.7 Å². The van der Waals surface area contributed by atoms with E-state index in [-0.39, 0.29) is 18.6 Å². The summed E-state index contributed by atoms with van der Waals surface area (Å²) in [6.45, 7) is 8.22. The van der Waals surface area contributed by atoms with E-state index in [9.17, 15) is 4.79 Å². The topological polar surface area (TPSA) is 77.2 Å². The van der Waals surface area contributed by atoms with Crippen molar-refractivity contribution < 1.29 is 13.9 Å². The fourth-order valence-corrected chi connectivity index (χ4v) is 2.96. The van der Waals surface area contributed by atoms with Gasteiger partial charge in [0.1, 0.15) is 0 Å². The van der Waals surface area contributed by atoms with Crippen LogP contribution in [0.5, 0.6) is 6.08 Å². The number of para-hydroxylation sites is 1. The van der Waals surface area contributed by atoms with Crippen molar-refractivity contribution in [2.24, 2.45) is 0 Å². The van der Waals surface area contributed by atoms with Gasteiger partial charge >= 0.3 is 6.08 Å². The monoisotopic (exact) mass is 379 g/mol. The Morgan fingerprint density at radius 1 is 0.964 bits per heavy atom. The molecule has 1 N–H and O–H groups in total. The molecule has 2 aromatic carbocycles. The van der Waals surface area contributed by atoms with Crippen LogP contribution in [-0.4, -0.2) is 22.7 Å². The highest BCUT2D eigenvalue weighted by molar-refractivity contribution is 5.93. The summed E-state index contributed by atoms with van der Waals surface area (Å²) < 4.78 is 10.9. The molecule has 1 amide bonds. The van der Waals surface area contributed by atoms with E-state index in [1.165, 1.54) is 0 Å². The van der Waals surface area contributed by atoms with Crippen LogP contribution in [0, 0.1) is 0 Å². The van der Waals surface area contributed by atoms with Crippen LogP contribution in [0.1, 0.15) is 50.7 Å². The molecule has 0 atom stereocenters. The highest BCUT2D eigenvalue weighted by Gasteiger charge is 2.17. The third-order valence-corrected chi connectivity index (χ3v) is 4.39. The van der Waals surface area contributed by atoms with Crippen LogP contribution < -0.4 is 10.1 Å². The van der Waals surface area contributed by atoms with E-state index in [1.807, 2.05) is 48.5 Å². The number of nitrogens with zero attached hydrogens (tertiary/aromatic N) is 2. The second kappa shape index (κ2) is 8.69. The van der Waals surface area contributed by atoms with Crippen LogP contribution in [0.2, 0.25) is 0 Å². The number of hydrogen-bond acceptors (Lipinski definition) is 5. The quantitative estimate of drug-likeness (QED) is 0.625. The number of hydrogen-bond donors (Lipinski definition) is 1. The molecule has 3 rings (SSSR count). The molecule has 0 bridgehead atoms. The van der Waals surface area contributed by atoms with Crippen molar-refractivity contribution in [1.29, 1.82) is 0 Å². The van der Waals surface area contributed by atoms with Gasteiger partial charge in [-0.15, -0.1) is 5.10 Å². The molecule has 0 radical (unpaired) electrons. The van der Waals surface area contributed by atoms with Gasteiger partial charge in [-0.3, -0.25) is 4.79 Å². The Kier molecular flexibility index (Phi) is 6.09. The third kappa shape index (κ3) is 4.57. The van der Waals surface area contributed by atoms with Crippen molar-refractivity contribution in [2.45, 2.75) is 39.5 Å². The lowest BCUT2D eigenvalue weighted by molar-refractivity contribution is -0.118. The summed E-state index contributed by atoms with van der Waals surface area (Å²) in [4.78, 5) is 12.5. The SMILES string of the molecule is CC(C)c1cccc(C(C)C)c1NC(=O)COc1nnc(-c2ccccc2)o1. The molecule has 0 saturated heterocycles. The number of amides is 1. The Balaban J connectivity index is 1.68. The Bertz CT molecular complexity index is 907. The van der Waals surface area contributed by atoms with E-state index in [2.05, 4.69) is 43.2 Å². The van der Waals surface area contributed by atoms with Crippen molar-refractivity contribution in [1.82, 2.24) is 10.2 Å². The lowest BCUT2D eigenvalue weighted by atomic mass is 9.92. The molecule has 0 aliphatic heterocycles. The molecule has 28 heavy (non-hydrogen) atoms. The van der Waals surface area contributed by atoms with Crippen LogP contribution in [0.3, 0.4) is 0 Å². The second-order valence-corrected chi connectivity index (χ2v) is 7.20. The van der Waals surface area contributed by atoms with Crippen molar-refractivity contribution >= 4 is 11.6 Å². The number of anilines is 1. The van der Waals surface area contributed by atoms with Crippen LogP contribution >= 0.6 is 0 Å². The maximum Gasteiger partial charge on any atom is 0.415 e. The summed E-state index contributed by atoms with van der Waals surface area (Å²) in [6, 6.07) is 15.5. The summed E-state index contributed by atoms with van der Waals surface area (Å²) in [5, 5.41) is 10.8. The van der Waals surface area contributed by atoms with E-state index >= 15 is 0 Å². The number of ether oxygens (including phenoxy) is 1. The van der Waals surface area contributed by atoms with Gasteiger partial charge in [-0.2, -0.15) is 0 Å². The van der Waals surface area contributed by atoms with Gasteiger partial charge in [0.05, 0.1) is 0 Å². The van der Waals surface area contributed by atoms with E-state index in [4.69, 9.17) is 9.15 Å². The lowest BCUT2D eigenvalue weighted by Gasteiger charge is -2.20. The molecule has 0 unspecified atom stereocenters. The summed E-state index contributed by atoms with van der Waals surface area (Å²) >= 11 is 0. The number of benzene rings is 2. The van der Waals surface area contributed by atoms with Crippen molar-refractivity contribution in [3.8, 4) is 17.5 Å². The minimum Gasteiger partial charge on any atom is -0.439 e. The van der Waals surface area contributed by atoms with Crippen LogP contribution in [0.15, 0.2) is 52.9 Å². The first-order valence-electron chi connectivity index (χ1n) is 9.40. The number of carbonyl (C=O) groups is 1. The Hall–Kier alpha value is -3.15. The predicted octanol–water partition coefficient (Wildman–Crippen LogP) is 5.00. The Labute approximate surface area is 164 Å². The second-order valence-electron chi connectivity index (χ2n) is 7.20. The number of rotatable bonds is 7. The molecule has 3 aromatic rings. The van der Waals surface area contributed by atoms with Gasteiger partial charge < -0.3 is 14.5 Å². The largest absolute Gasteiger partial charge is 0.439 e. The summed E-state index contributed by atoms with van der Waals surface area (Å²) in [5.41, 5.74) is 3.85. The summed E-state index contributed by atoms with van der Waals surface area (Å²) in [7, 11) is 0. The normalized spacial score (nSPS) is 11.1. The first-order valence-corrected chi connectivity index (χ1v) is 9.40. The van der Waals surface area contributed by atoms with Crippen molar-refractivity contribution in [2.75, 3.05) is 11.9 Å². The first-order chi connectivity index (χ1) is 13.5. The smallest absolute Gasteiger partial charge is 0.415 e. The predicted molar refractivity (Wildman–Crippen MR) is 108 cm³/mol. The molecule has 146 valence electrons. The number of aromatic nitrogens is 2. The zero-order valence-corrected chi connectivity index (χ0v) is 16.6. The molecule has 6 heteroatoms. The maximum atomic E-state index is 12.5. The van der Waals surface area contributed by atoms with Gasteiger partial charge in [-0.1, -0.05) is 69.2 Å². The molecular formula is C22H25N3O3. The van der Waals surface area contributed by atoms with Gasteiger partial charge in [0.2, 0.25) is 0 Å². The fourth-order valence-electron chi connectivity index (χ4n) is 2.96. The minimum atomic E-state index is -0.269. The average molecular weight is 379 g/mol.